The Morgan fingerprint density at radius 2 is 1.64 bits per heavy atom. The molecule has 0 bridgehead atoms. The summed E-state index contributed by atoms with van der Waals surface area (Å²) in [6.07, 6.45) is 16.5. The fourth-order valence-electron chi connectivity index (χ4n) is 4.19. The van der Waals surface area contributed by atoms with Crippen LogP contribution >= 0.6 is 0 Å². The van der Waals surface area contributed by atoms with E-state index in [9.17, 15) is 4.79 Å². The molecule has 0 aromatic carbocycles. The van der Waals surface area contributed by atoms with Crippen LogP contribution in [0.15, 0.2) is 73.1 Å². The van der Waals surface area contributed by atoms with Crippen molar-refractivity contribution in [1.29, 1.82) is 0 Å². The fraction of sp³-hybridized carbons (Fsp3) is 0.583. The van der Waals surface area contributed by atoms with Crippen molar-refractivity contribution < 1.29 is 4.79 Å². The smallest absolute Gasteiger partial charge is 0.255 e. The van der Waals surface area contributed by atoms with Crippen molar-refractivity contribution >= 4 is 5.91 Å². The highest BCUT2D eigenvalue weighted by atomic mass is 16.2. The largest absolute Gasteiger partial charge is 0.380 e. The van der Waals surface area contributed by atoms with E-state index in [0.29, 0.717) is 30.3 Å². The minimum Gasteiger partial charge on any atom is -0.380 e. The van der Waals surface area contributed by atoms with Gasteiger partial charge in [0, 0.05) is 32.0 Å². The van der Waals surface area contributed by atoms with Gasteiger partial charge >= 0.3 is 0 Å². The number of likely N-dealkylation sites (tertiary alicyclic amines) is 1. The molecule has 0 aliphatic carbocycles. The highest BCUT2D eigenvalue weighted by Crippen LogP contribution is 2.32. The first-order chi connectivity index (χ1) is 20.3. The number of hydrogen-bond donors (Lipinski definition) is 1. The summed E-state index contributed by atoms with van der Waals surface area (Å²) in [5.74, 6) is 0.475. The number of nitrogens with zero attached hydrogens (tertiary/aromatic N) is 4. The van der Waals surface area contributed by atoms with Crippen molar-refractivity contribution in [3.63, 3.8) is 0 Å². The van der Waals surface area contributed by atoms with Gasteiger partial charge in [-0.3, -0.25) is 4.79 Å². The van der Waals surface area contributed by atoms with Crippen LogP contribution in [0.3, 0.4) is 0 Å². The van der Waals surface area contributed by atoms with Gasteiger partial charge in [0.15, 0.2) is 0 Å². The Balaban J connectivity index is -0.00000175. The molecule has 1 fully saturated rings. The lowest BCUT2D eigenvalue weighted by Crippen LogP contribution is -2.56. The second-order valence-corrected chi connectivity index (χ2v) is 8.99. The molecule has 42 heavy (non-hydrogen) atoms. The zero-order valence-corrected chi connectivity index (χ0v) is 29.7. The number of nitrogens with one attached hydrogen (secondary N) is 1. The van der Waals surface area contributed by atoms with E-state index in [4.69, 9.17) is 0 Å². The molecule has 6 nitrogen and oxygen atoms in total. The maximum absolute atomic E-state index is 13.5. The van der Waals surface area contributed by atoms with E-state index in [-0.39, 0.29) is 11.4 Å². The van der Waals surface area contributed by atoms with Crippen molar-refractivity contribution in [3.05, 3.63) is 84.4 Å². The summed E-state index contributed by atoms with van der Waals surface area (Å²) in [5, 5.41) is 3.72. The lowest BCUT2D eigenvalue weighted by molar-refractivity contribution is 0.0662. The average Bonchev–Trinajstić information content (AvgIpc) is 3.03. The average molecular weight is 584 g/mol. The van der Waals surface area contributed by atoms with Gasteiger partial charge in [0.2, 0.25) is 0 Å². The quantitative estimate of drug-likeness (QED) is 0.330. The van der Waals surface area contributed by atoms with Gasteiger partial charge < -0.3 is 15.1 Å². The normalized spacial score (nSPS) is 13.6. The Bertz CT molecular complexity index is 943. The van der Waals surface area contributed by atoms with Crippen LogP contribution in [0.5, 0.6) is 0 Å². The Labute approximate surface area is 260 Å². The topological polar surface area (TPSA) is 61.4 Å². The minimum atomic E-state index is -0.241. The SMILES string of the molecule is C/C=C(\N(C)/C=C/CC)C1(N/C=C/C(C)C)CCN(C(=O)c2cccccncnc2C)CC1.CC.CC.CC.CC. The number of allylic oxidation sites excluding steroid dienone is 3. The molecule has 2 rings (SSSR count). The Kier molecular flexibility index (Phi) is 28.9. The van der Waals surface area contributed by atoms with Crippen molar-refractivity contribution in [3.8, 4) is 0 Å². The van der Waals surface area contributed by atoms with Crippen molar-refractivity contribution in [2.75, 3.05) is 20.1 Å². The Morgan fingerprint density at radius 1 is 1.05 bits per heavy atom. The summed E-state index contributed by atoms with van der Waals surface area (Å²) < 4.78 is 0. The number of rotatable bonds is 8. The van der Waals surface area contributed by atoms with Gasteiger partial charge in [-0.25, -0.2) is 9.97 Å². The highest BCUT2D eigenvalue weighted by Gasteiger charge is 2.39. The first kappa shape index (κ1) is 43.3. The summed E-state index contributed by atoms with van der Waals surface area (Å²) in [6.45, 7) is 27.7. The number of hydrogen-bond acceptors (Lipinski definition) is 5. The molecule has 240 valence electrons. The van der Waals surface area contributed by atoms with E-state index in [2.05, 4.69) is 85.6 Å². The second-order valence-electron chi connectivity index (χ2n) is 8.99. The molecule has 1 aliphatic rings. The molecule has 2 heterocycles. The lowest BCUT2D eigenvalue weighted by atomic mass is 9.83. The van der Waals surface area contributed by atoms with E-state index in [1.54, 1.807) is 6.20 Å². The number of likely N-dealkylation sites (N-methyl/N-ethyl adjacent to an activating group) is 1. The maximum Gasteiger partial charge on any atom is 0.255 e. The van der Waals surface area contributed by atoms with Gasteiger partial charge in [-0.1, -0.05) is 107 Å². The maximum atomic E-state index is 13.5. The standard InChI is InChI=1S/C28H41N5O.4C2H6/c1-7-9-19-32(6)26(8-2)28(31-18-14-23(3)4)15-20-33(21-16-28)27(34)25-13-11-10-12-17-29-22-30-24(25)5;4*1-2/h8-14,17-19,22-23,31H,7,15-16,20-21H2,1-6H3;4*1-2H3/b11-10?,12-10?,13-11?,17-12?,18-14+,19-9+,25-13?,25-24?,26-8-,29-17?,29-22?,30-22?,30-24?;;;;. The summed E-state index contributed by atoms with van der Waals surface area (Å²) in [6, 6.07) is 7.40. The lowest BCUT2D eigenvalue weighted by Gasteiger charge is -2.46. The first-order valence-corrected chi connectivity index (χ1v) is 16.2. The zero-order valence-electron chi connectivity index (χ0n) is 29.7. The van der Waals surface area contributed by atoms with E-state index in [0.717, 1.165) is 19.3 Å². The van der Waals surface area contributed by atoms with Crippen LogP contribution in [-0.2, 0) is 0 Å². The van der Waals surface area contributed by atoms with Crippen molar-refractivity contribution in [1.82, 2.24) is 25.1 Å². The van der Waals surface area contributed by atoms with Crippen LogP contribution in [0.2, 0.25) is 0 Å². The Hall–Kier alpha value is -3.15. The number of aryl methyl sites for hydroxylation is 1. The number of piperidine rings is 1. The fourth-order valence-corrected chi connectivity index (χ4v) is 4.19. The van der Waals surface area contributed by atoms with Gasteiger partial charge in [0.25, 0.3) is 5.91 Å². The first-order valence-electron chi connectivity index (χ1n) is 16.2. The van der Waals surface area contributed by atoms with Gasteiger partial charge in [-0.2, -0.15) is 0 Å². The predicted molar refractivity (Wildman–Crippen MR) is 186 cm³/mol. The third-order valence-electron chi connectivity index (χ3n) is 6.05. The summed E-state index contributed by atoms with van der Waals surface area (Å²) in [7, 11) is 2.10. The van der Waals surface area contributed by atoms with Crippen LogP contribution in [0.1, 0.15) is 118 Å². The van der Waals surface area contributed by atoms with Crippen molar-refractivity contribution in [2.45, 2.75) is 115 Å². The molecule has 1 N–H and O–H groups in total. The monoisotopic (exact) mass is 584 g/mol. The molecule has 0 unspecified atom stereocenters. The van der Waals surface area contributed by atoms with Gasteiger partial charge in [0.1, 0.15) is 6.33 Å². The van der Waals surface area contributed by atoms with Crippen LogP contribution in [0.4, 0.5) is 0 Å². The molecule has 1 amide bonds. The molecule has 6 heteroatoms. The number of aromatic nitrogens is 2. The van der Waals surface area contributed by atoms with E-state index >= 15 is 0 Å². The second kappa shape index (κ2) is 28.0. The molecule has 1 saturated heterocycles. The van der Waals surface area contributed by atoms with Gasteiger partial charge in [0.05, 0.1) is 16.8 Å². The van der Waals surface area contributed by atoms with E-state index < -0.39 is 0 Å². The molecule has 0 atom stereocenters. The molecule has 0 radical (unpaired) electrons. The third-order valence-corrected chi connectivity index (χ3v) is 6.05. The molecule has 0 saturated carbocycles. The number of carbonyl (C=O) groups excluding carboxylic acids is 1. The van der Waals surface area contributed by atoms with Crippen molar-refractivity contribution in [2.24, 2.45) is 5.92 Å². The number of amides is 1. The minimum absolute atomic E-state index is 0.0106. The predicted octanol–water partition coefficient (Wildman–Crippen LogP) is 9.51. The van der Waals surface area contributed by atoms with Crippen LogP contribution < -0.4 is 5.32 Å². The van der Waals surface area contributed by atoms with E-state index in [1.807, 2.05) is 91.5 Å². The van der Waals surface area contributed by atoms with Crippen LogP contribution in [0.25, 0.3) is 0 Å². The highest BCUT2D eigenvalue weighted by molar-refractivity contribution is 5.95. The van der Waals surface area contributed by atoms with Crippen LogP contribution in [0, 0.1) is 12.8 Å². The van der Waals surface area contributed by atoms with Gasteiger partial charge in [-0.05, 0) is 63.6 Å². The molecule has 0 spiro atoms. The van der Waals surface area contributed by atoms with Crippen LogP contribution in [-0.4, -0.2) is 51.4 Å². The van der Waals surface area contributed by atoms with E-state index in [1.165, 1.54) is 12.0 Å². The summed E-state index contributed by atoms with van der Waals surface area (Å²) in [5.41, 5.74) is 2.25. The summed E-state index contributed by atoms with van der Waals surface area (Å²) in [4.78, 5) is 26.0. The number of carbonyl (C=O) groups is 1. The molecule has 1 aromatic rings. The molecule has 1 aliphatic heterocycles. The molecule has 1 aromatic heterocycles. The molecular formula is C36H65N5O. The Morgan fingerprint density at radius 3 is 2.17 bits per heavy atom. The van der Waals surface area contributed by atoms with Gasteiger partial charge in [-0.15, -0.1) is 0 Å². The zero-order chi connectivity index (χ0) is 33.0. The summed E-state index contributed by atoms with van der Waals surface area (Å²) >= 11 is 0. The molecular weight excluding hydrogens is 518 g/mol. The third kappa shape index (κ3) is 15.7.